The van der Waals surface area contributed by atoms with E-state index in [-0.39, 0.29) is 17.2 Å². The molecule has 0 fully saturated rings. The summed E-state index contributed by atoms with van der Waals surface area (Å²) < 4.78 is 27.7. The highest BCUT2D eigenvalue weighted by atomic mass is 32.2. The van der Waals surface area contributed by atoms with Crippen molar-refractivity contribution in [1.82, 2.24) is 0 Å². The summed E-state index contributed by atoms with van der Waals surface area (Å²) >= 11 is 0. The van der Waals surface area contributed by atoms with Gasteiger partial charge in [-0.25, -0.2) is 8.42 Å². The van der Waals surface area contributed by atoms with E-state index in [0.717, 1.165) is 16.8 Å². The smallest absolute Gasteiger partial charge is 0.261 e. The zero-order valence-corrected chi connectivity index (χ0v) is 14.5. The summed E-state index contributed by atoms with van der Waals surface area (Å²) in [6, 6.07) is 13.5. The standard InChI is InChI=1S/C18H17N3O3S/c1-13(22)21-11-9-15-12-17(6-7-18(15)21)25(23,24)20-16-4-2-14(3-5-16)8-10-19/h2-7,12,20H,8-9,11H2,1H3. The Labute approximate surface area is 146 Å². The van der Waals surface area contributed by atoms with Gasteiger partial charge in [0.2, 0.25) is 5.91 Å². The molecular weight excluding hydrogens is 338 g/mol. The molecule has 0 bridgehead atoms. The number of nitrogens with zero attached hydrogens (tertiary/aromatic N) is 2. The summed E-state index contributed by atoms with van der Waals surface area (Å²) in [4.78, 5) is 13.4. The van der Waals surface area contributed by atoms with Crippen LogP contribution in [0.1, 0.15) is 18.1 Å². The number of anilines is 2. The predicted octanol–water partition coefficient (Wildman–Crippen LogP) is 2.46. The molecule has 128 valence electrons. The molecule has 2 aromatic rings. The highest BCUT2D eigenvalue weighted by Gasteiger charge is 2.24. The third-order valence-corrected chi connectivity index (χ3v) is 5.51. The molecule has 0 spiro atoms. The number of fused-ring (bicyclic) bond motifs is 1. The first-order valence-corrected chi connectivity index (χ1v) is 9.29. The zero-order valence-electron chi connectivity index (χ0n) is 13.7. The van der Waals surface area contributed by atoms with Crippen LogP contribution in [0.3, 0.4) is 0 Å². The lowest BCUT2D eigenvalue weighted by Crippen LogP contribution is -2.25. The lowest BCUT2D eigenvalue weighted by molar-refractivity contribution is -0.116. The molecule has 25 heavy (non-hydrogen) atoms. The van der Waals surface area contributed by atoms with Gasteiger partial charge in [0.1, 0.15) is 0 Å². The van der Waals surface area contributed by atoms with Crippen LogP contribution in [-0.4, -0.2) is 20.9 Å². The zero-order chi connectivity index (χ0) is 18.0. The highest BCUT2D eigenvalue weighted by molar-refractivity contribution is 7.92. The van der Waals surface area contributed by atoms with Gasteiger partial charge >= 0.3 is 0 Å². The maximum Gasteiger partial charge on any atom is 0.261 e. The fraction of sp³-hybridized carbons (Fsp3) is 0.222. The molecule has 1 aliphatic rings. The SMILES string of the molecule is CC(=O)N1CCc2cc(S(=O)(=O)Nc3ccc(CC#N)cc3)ccc21. The van der Waals surface area contributed by atoms with Gasteiger partial charge in [0, 0.05) is 24.8 Å². The number of hydrogen-bond acceptors (Lipinski definition) is 4. The van der Waals surface area contributed by atoms with Gasteiger partial charge < -0.3 is 4.90 Å². The van der Waals surface area contributed by atoms with Crippen LogP contribution in [0.15, 0.2) is 47.4 Å². The molecule has 0 unspecified atom stereocenters. The molecule has 1 amide bonds. The molecule has 7 heteroatoms. The van der Waals surface area contributed by atoms with Crippen molar-refractivity contribution in [3.8, 4) is 6.07 Å². The number of sulfonamides is 1. The normalized spacial score (nSPS) is 13.2. The van der Waals surface area contributed by atoms with Crippen molar-refractivity contribution in [2.75, 3.05) is 16.2 Å². The highest BCUT2D eigenvalue weighted by Crippen LogP contribution is 2.30. The van der Waals surface area contributed by atoms with Gasteiger partial charge in [-0.15, -0.1) is 0 Å². The molecule has 0 atom stereocenters. The molecule has 0 aromatic heterocycles. The topological polar surface area (TPSA) is 90.3 Å². The van der Waals surface area contributed by atoms with E-state index in [1.165, 1.54) is 13.0 Å². The second kappa shape index (κ2) is 6.57. The molecule has 0 saturated heterocycles. The van der Waals surface area contributed by atoms with Crippen molar-refractivity contribution in [2.24, 2.45) is 0 Å². The van der Waals surface area contributed by atoms with Crippen LogP contribution in [0.5, 0.6) is 0 Å². The van der Waals surface area contributed by atoms with Gasteiger partial charge in [0.15, 0.2) is 0 Å². The van der Waals surface area contributed by atoms with Crippen molar-refractivity contribution >= 4 is 27.3 Å². The van der Waals surface area contributed by atoms with E-state index in [0.29, 0.717) is 18.7 Å². The third-order valence-electron chi connectivity index (χ3n) is 4.13. The monoisotopic (exact) mass is 355 g/mol. The number of carbonyl (C=O) groups excluding carboxylic acids is 1. The Morgan fingerprint density at radius 3 is 2.60 bits per heavy atom. The molecule has 6 nitrogen and oxygen atoms in total. The van der Waals surface area contributed by atoms with E-state index in [1.54, 1.807) is 41.3 Å². The lowest BCUT2D eigenvalue weighted by Gasteiger charge is -2.15. The van der Waals surface area contributed by atoms with Gasteiger partial charge in [0.05, 0.1) is 17.4 Å². The third kappa shape index (κ3) is 3.49. The van der Waals surface area contributed by atoms with Gasteiger partial charge in [0.25, 0.3) is 10.0 Å². The van der Waals surface area contributed by atoms with Crippen LogP contribution in [0.25, 0.3) is 0 Å². The molecule has 1 heterocycles. The number of nitrogens with one attached hydrogen (secondary N) is 1. The van der Waals surface area contributed by atoms with E-state index in [2.05, 4.69) is 4.72 Å². The molecule has 1 N–H and O–H groups in total. The van der Waals surface area contributed by atoms with Crippen molar-refractivity contribution in [2.45, 2.75) is 24.7 Å². The summed E-state index contributed by atoms with van der Waals surface area (Å²) in [5.74, 6) is -0.0510. The summed E-state index contributed by atoms with van der Waals surface area (Å²) in [7, 11) is -3.72. The first-order chi connectivity index (χ1) is 11.9. The molecule has 2 aromatic carbocycles. The summed E-state index contributed by atoms with van der Waals surface area (Å²) in [5, 5.41) is 8.67. The van der Waals surface area contributed by atoms with Crippen molar-refractivity contribution in [3.63, 3.8) is 0 Å². The molecule has 1 aliphatic heterocycles. The van der Waals surface area contributed by atoms with E-state index in [4.69, 9.17) is 5.26 Å². The van der Waals surface area contributed by atoms with Crippen LogP contribution in [0.2, 0.25) is 0 Å². The summed E-state index contributed by atoms with van der Waals surface area (Å²) in [6.07, 6.45) is 0.922. The number of benzene rings is 2. The molecule has 0 saturated carbocycles. The fourth-order valence-electron chi connectivity index (χ4n) is 2.87. The minimum atomic E-state index is -3.72. The Morgan fingerprint density at radius 1 is 1.24 bits per heavy atom. The number of rotatable bonds is 4. The summed E-state index contributed by atoms with van der Waals surface area (Å²) in [5.41, 5.74) is 2.88. The lowest BCUT2D eigenvalue weighted by atomic mass is 10.1. The molecule has 0 aliphatic carbocycles. The fourth-order valence-corrected chi connectivity index (χ4v) is 3.98. The minimum absolute atomic E-state index is 0.0510. The molecule has 3 rings (SSSR count). The number of amides is 1. The number of nitriles is 1. The van der Waals surface area contributed by atoms with Gasteiger partial charge in [-0.1, -0.05) is 12.1 Å². The second-order valence-electron chi connectivity index (χ2n) is 5.85. The maximum atomic E-state index is 12.6. The second-order valence-corrected chi connectivity index (χ2v) is 7.53. The predicted molar refractivity (Wildman–Crippen MR) is 94.7 cm³/mol. The van der Waals surface area contributed by atoms with Crippen molar-refractivity contribution in [1.29, 1.82) is 5.26 Å². The van der Waals surface area contributed by atoms with E-state index < -0.39 is 10.0 Å². The quantitative estimate of drug-likeness (QED) is 0.912. The van der Waals surface area contributed by atoms with Crippen molar-refractivity contribution in [3.05, 3.63) is 53.6 Å². The van der Waals surface area contributed by atoms with Gasteiger partial charge in [-0.05, 0) is 47.9 Å². The van der Waals surface area contributed by atoms with Gasteiger partial charge in [-0.2, -0.15) is 5.26 Å². The Hall–Kier alpha value is -2.85. The van der Waals surface area contributed by atoms with Crippen LogP contribution < -0.4 is 9.62 Å². The minimum Gasteiger partial charge on any atom is -0.312 e. The maximum absolute atomic E-state index is 12.6. The van der Waals surface area contributed by atoms with Gasteiger partial charge in [-0.3, -0.25) is 9.52 Å². The molecule has 0 radical (unpaired) electrons. The van der Waals surface area contributed by atoms with E-state index in [9.17, 15) is 13.2 Å². The van der Waals surface area contributed by atoms with Crippen LogP contribution >= 0.6 is 0 Å². The average Bonchev–Trinajstić information content (AvgIpc) is 3.00. The Bertz CT molecular complexity index is 960. The Kier molecular flexibility index (Phi) is 4.47. The first kappa shape index (κ1) is 17.0. The Morgan fingerprint density at radius 2 is 1.96 bits per heavy atom. The number of hydrogen-bond donors (Lipinski definition) is 1. The first-order valence-electron chi connectivity index (χ1n) is 7.80. The average molecular weight is 355 g/mol. The van der Waals surface area contributed by atoms with Crippen LogP contribution in [0, 0.1) is 11.3 Å². The Balaban J connectivity index is 1.83. The molecular formula is C18H17N3O3S. The van der Waals surface area contributed by atoms with Crippen LogP contribution in [0.4, 0.5) is 11.4 Å². The number of carbonyl (C=O) groups is 1. The van der Waals surface area contributed by atoms with E-state index >= 15 is 0 Å². The largest absolute Gasteiger partial charge is 0.312 e. The van der Waals surface area contributed by atoms with E-state index in [1.807, 2.05) is 6.07 Å². The van der Waals surface area contributed by atoms with Crippen LogP contribution in [-0.2, 0) is 27.7 Å². The summed E-state index contributed by atoms with van der Waals surface area (Å²) in [6.45, 7) is 2.07. The van der Waals surface area contributed by atoms with Crippen molar-refractivity contribution < 1.29 is 13.2 Å².